The third kappa shape index (κ3) is 2.90. The van der Waals surface area contributed by atoms with E-state index in [0.717, 1.165) is 25.0 Å². The van der Waals surface area contributed by atoms with Gasteiger partial charge in [0, 0.05) is 0 Å². The van der Waals surface area contributed by atoms with Crippen LogP contribution in [0.15, 0.2) is 24.3 Å². The highest BCUT2D eigenvalue weighted by Gasteiger charge is 2.53. The topological polar surface area (TPSA) is 40.5 Å². The summed E-state index contributed by atoms with van der Waals surface area (Å²) in [7, 11) is 0. The maximum absolute atomic E-state index is 12.6. The van der Waals surface area contributed by atoms with E-state index in [1.54, 1.807) is 0 Å². The monoisotopic (exact) mass is 299 g/mol. The minimum Gasteiger partial charge on any atom is -0.386 e. The number of β-amino-alcohol motifs (C(OH)–C–C–N with tert-alkyl or cyclic N) is 1. The van der Waals surface area contributed by atoms with Crippen LogP contribution >= 0.6 is 0 Å². The number of rotatable bonds is 3. The van der Waals surface area contributed by atoms with Crippen molar-refractivity contribution in [2.45, 2.75) is 31.0 Å². The summed E-state index contributed by atoms with van der Waals surface area (Å²) in [5.74, 6) is 0.0507. The quantitative estimate of drug-likeness (QED) is 0.930. The average Bonchev–Trinajstić information content (AvgIpc) is 3.18. The van der Waals surface area contributed by atoms with Crippen LogP contribution in [-0.4, -0.2) is 34.6 Å². The van der Waals surface area contributed by atoms with Gasteiger partial charge < -0.3 is 10.0 Å². The SMILES string of the molecule is O=C(Cc1cccc(C(F)(F)F)c1)N1CC(O)(C2CC2)C1. The van der Waals surface area contributed by atoms with Crippen molar-refractivity contribution in [3.63, 3.8) is 0 Å². The van der Waals surface area contributed by atoms with Crippen molar-refractivity contribution in [1.82, 2.24) is 4.90 Å². The van der Waals surface area contributed by atoms with Crippen molar-refractivity contribution >= 4 is 5.91 Å². The normalized spacial score (nSPS) is 21.0. The highest BCUT2D eigenvalue weighted by atomic mass is 19.4. The van der Waals surface area contributed by atoms with Gasteiger partial charge in [0.15, 0.2) is 0 Å². The molecule has 0 spiro atoms. The average molecular weight is 299 g/mol. The number of carbonyl (C=O) groups is 1. The number of hydrogen-bond acceptors (Lipinski definition) is 2. The Morgan fingerprint density at radius 1 is 1.33 bits per heavy atom. The summed E-state index contributed by atoms with van der Waals surface area (Å²) >= 11 is 0. The molecular formula is C15H16F3NO2. The van der Waals surface area contributed by atoms with E-state index in [-0.39, 0.29) is 18.2 Å². The van der Waals surface area contributed by atoms with Crippen LogP contribution in [0.3, 0.4) is 0 Å². The fourth-order valence-corrected chi connectivity index (χ4v) is 2.81. The van der Waals surface area contributed by atoms with Crippen LogP contribution in [0, 0.1) is 5.92 Å². The molecule has 1 heterocycles. The van der Waals surface area contributed by atoms with Crippen LogP contribution in [0.25, 0.3) is 0 Å². The van der Waals surface area contributed by atoms with Gasteiger partial charge in [0.2, 0.25) is 5.91 Å². The highest BCUT2D eigenvalue weighted by Crippen LogP contribution is 2.44. The van der Waals surface area contributed by atoms with Crippen LogP contribution in [-0.2, 0) is 17.4 Å². The zero-order valence-electron chi connectivity index (χ0n) is 11.4. The largest absolute Gasteiger partial charge is 0.416 e. The van der Waals surface area contributed by atoms with E-state index in [9.17, 15) is 23.1 Å². The molecule has 1 amide bonds. The summed E-state index contributed by atoms with van der Waals surface area (Å²) in [6, 6.07) is 4.82. The van der Waals surface area contributed by atoms with E-state index in [4.69, 9.17) is 0 Å². The molecule has 2 aliphatic rings. The van der Waals surface area contributed by atoms with E-state index in [1.165, 1.54) is 17.0 Å². The number of benzene rings is 1. The Morgan fingerprint density at radius 3 is 2.57 bits per heavy atom. The predicted molar refractivity (Wildman–Crippen MR) is 69.4 cm³/mol. The van der Waals surface area contributed by atoms with Crippen molar-refractivity contribution in [1.29, 1.82) is 0 Å². The van der Waals surface area contributed by atoms with Gasteiger partial charge in [-0.25, -0.2) is 0 Å². The van der Waals surface area contributed by atoms with Crippen molar-refractivity contribution in [2.75, 3.05) is 13.1 Å². The number of likely N-dealkylation sites (tertiary alicyclic amines) is 1. The van der Waals surface area contributed by atoms with Gasteiger partial charge in [-0.3, -0.25) is 4.79 Å². The molecule has 1 saturated carbocycles. The van der Waals surface area contributed by atoms with Gasteiger partial charge in [0.05, 0.1) is 25.1 Å². The Balaban J connectivity index is 1.61. The summed E-state index contributed by atoms with van der Waals surface area (Å²) in [4.78, 5) is 13.5. The Bertz CT molecular complexity index is 560. The molecule has 1 aliphatic carbocycles. The van der Waals surface area contributed by atoms with Crippen molar-refractivity contribution in [3.8, 4) is 0 Å². The van der Waals surface area contributed by atoms with Gasteiger partial charge in [-0.15, -0.1) is 0 Å². The second-order valence-electron chi connectivity index (χ2n) is 6.00. The first kappa shape index (κ1) is 14.4. The summed E-state index contributed by atoms with van der Waals surface area (Å²) in [6.07, 6.45) is -2.48. The molecular weight excluding hydrogens is 283 g/mol. The molecule has 114 valence electrons. The lowest BCUT2D eigenvalue weighted by Crippen LogP contribution is -2.65. The number of aliphatic hydroxyl groups is 1. The van der Waals surface area contributed by atoms with Gasteiger partial charge in [-0.2, -0.15) is 13.2 Å². The lowest BCUT2D eigenvalue weighted by molar-refractivity contribution is -0.158. The smallest absolute Gasteiger partial charge is 0.386 e. The first-order valence-corrected chi connectivity index (χ1v) is 6.94. The zero-order chi connectivity index (χ0) is 15.3. The number of alkyl halides is 3. The third-order valence-electron chi connectivity index (χ3n) is 4.23. The maximum Gasteiger partial charge on any atom is 0.416 e. The molecule has 21 heavy (non-hydrogen) atoms. The molecule has 0 atom stereocenters. The van der Waals surface area contributed by atoms with Gasteiger partial charge >= 0.3 is 6.18 Å². The molecule has 1 aromatic carbocycles. The van der Waals surface area contributed by atoms with E-state index in [0.29, 0.717) is 18.7 Å². The molecule has 1 aromatic rings. The molecule has 0 aromatic heterocycles. The van der Waals surface area contributed by atoms with Crippen LogP contribution < -0.4 is 0 Å². The van der Waals surface area contributed by atoms with Crippen LogP contribution in [0.4, 0.5) is 13.2 Å². The van der Waals surface area contributed by atoms with Crippen LogP contribution in [0.5, 0.6) is 0 Å². The number of hydrogen-bond donors (Lipinski definition) is 1. The summed E-state index contributed by atoms with van der Waals surface area (Å²) in [6.45, 7) is 0.602. The highest BCUT2D eigenvalue weighted by molar-refractivity contribution is 5.80. The van der Waals surface area contributed by atoms with Gasteiger partial charge in [0.1, 0.15) is 5.60 Å². The molecule has 0 unspecified atom stereocenters. The molecule has 1 N–H and O–H groups in total. The predicted octanol–water partition coefficient (Wildman–Crippen LogP) is 2.23. The van der Waals surface area contributed by atoms with Gasteiger partial charge in [-0.1, -0.05) is 18.2 Å². The first-order valence-electron chi connectivity index (χ1n) is 6.94. The molecule has 0 radical (unpaired) electrons. The summed E-state index contributed by atoms with van der Waals surface area (Å²) in [5, 5.41) is 10.1. The van der Waals surface area contributed by atoms with Gasteiger partial charge in [-0.05, 0) is 30.4 Å². The lowest BCUT2D eigenvalue weighted by Gasteiger charge is -2.47. The molecule has 3 rings (SSSR count). The fraction of sp³-hybridized carbons (Fsp3) is 0.533. The van der Waals surface area contributed by atoms with Crippen LogP contribution in [0.2, 0.25) is 0 Å². The Kier molecular flexibility index (Phi) is 3.24. The maximum atomic E-state index is 12.6. The number of halogens is 3. The number of nitrogens with zero attached hydrogens (tertiary/aromatic N) is 1. The zero-order valence-corrected chi connectivity index (χ0v) is 11.4. The minimum absolute atomic E-state index is 0.0648. The van der Waals surface area contributed by atoms with E-state index >= 15 is 0 Å². The fourth-order valence-electron chi connectivity index (χ4n) is 2.81. The van der Waals surface area contributed by atoms with E-state index in [1.807, 2.05) is 0 Å². The molecule has 6 heteroatoms. The Hall–Kier alpha value is -1.56. The first-order chi connectivity index (χ1) is 9.78. The number of carbonyl (C=O) groups excluding carboxylic acids is 1. The Labute approximate surface area is 120 Å². The molecule has 1 aliphatic heterocycles. The second-order valence-corrected chi connectivity index (χ2v) is 6.00. The summed E-state index contributed by atoms with van der Waals surface area (Å²) < 4.78 is 37.8. The standard InChI is InChI=1S/C15H16F3NO2/c16-15(17,18)12-3-1-2-10(6-12)7-13(20)19-8-14(21,9-19)11-4-5-11/h1-3,6,11,21H,4-5,7-9H2. The van der Waals surface area contributed by atoms with Gasteiger partial charge in [0.25, 0.3) is 0 Å². The molecule has 1 saturated heterocycles. The van der Waals surface area contributed by atoms with Crippen molar-refractivity contribution in [3.05, 3.63) is 35.4 Å². The molecule has 0 bridgehead atoms. The molecule has 3 nitrogen and oxygen atoms in total. The van der Waals surface area contributed by atoms with E-state index < -0.39 is 17.3 Å². The van der Waals surface area contributed by atoms with Crippen LogP contribution in [0.1, 0.15) is 24.0 Å². The van der Waals surface area contributed by atoms with Crippen molar-refractivity contribution in [2.24, 2.45) is 5.92 Å². The Morgan fingerprint density at radius 2 is 2.00 bits per heavy atom. The minimum atomic E-state index is -4.40. The summed E-state index contributed by atoms with van der Waals surface area (Å²) in [5.41, 5.74) is -1.16. The van der Waals surface area contributed by atoms with E-state index in [2.05, 4.69) is 0 Å². The molecule has 2 fully saturated rings. The van der Waals surface area contributed by atoms with Crippen molar-refractivity contribution < 1.29 is 23.1 Å². The lowest BCUT2D eigenvalue weighted by atomic mass is 9.88. The number of amides is 1. The third-order valence-corrected chi connectivity index (χ3v) is 4.23. The second kappa shape index (κ2) is 4.73.